The van der Waals surface area contributed by atoms with Gasteiger partial charge < -0.3 is 34.9 Å². The van der Waals surface area contributed by atoms with Crippen LogP contribution in [0.2, 0.25) is 0 Å². The fraction of sp³-hybridized carbons (Fsp3) is 0.389. The van der Waals surface area contributed by atoms with Gasteiger partial charge >= 0.3 is 6.03 Å². The van der Waals surface area contributed by atoms with Gasteiger partial charge in [-0.25, -0.2) is 19.5 Å². The number of aliphatic hydroxyl groups is 1. The molecule has 2 saturated heterocycles. The number of ether oxygens (including phenoxy) is 3. The molecule has 3 N–H and O–H groups in total. The van der Waals surface area contributed by atoms with Crippen LogP contribution in [0.15, 0.2) is 96.5 Å². The predicted octanol–water partition coefficient (Wildman–Crippen LogP) is 8.01. The fourth-order valence-corrected chi connectivity index (χ4v) is 9.47. The Morgan fingerprint density at radius 1 is 0.901 bits per heavy atom. The number of urea groups is 1. The van der Waals surface area contributed by atoms with Crippen molar-refractivity contribution in [2.75, 3.05) is 49.4 Å². The minimum absolute atomic E-state index is 0.0244. The Bertz CT molecular complexity index is 2780. The van der Waals surface area contributed by atoms with Gasteiger partial charge in [0.2, 0.25) is 17.7 Å². The van der Waals surface area contributed by atoms with Crippen LogP contribution in [0.4, 0.5) is 21.9 Å². The van der Waals surface area contributed by atoms with Crippen LogP contribution in [0.1, 0.15) is 64.3 Å². The standard InChI is InChI=1S/C54H61N7O9S/c1-34-27-41(21-22-44(34)55-8)60-51(66)54(6,7)61(52(60)67)40-19-17-37(18-20-40)39-11-9-12-43(28-39)70-26-25-68-23-10-24-69-32-46(63)58-48(53(3,4)5)50(65)59-31-42(62)29-45(59)49(64)56-30-36-13-15-38(16-14-36)47-35(2)57-33-71-47/h9,11-22,27-28,33,42,45,48,62H,10,23-26,29-32H2,1-7H3,(H,56,64)(H,58,63)/t42-,45+,48-/m1/s1. The van der Waals surface area contributed by atoms with Crippen LogP contribution in [0.5, 0.6) is 5.75 Å². The normalized spacial score (nSPS) is 17.0. The summed E-state index contributed by atoms with van der Waals surface area (Å²) >= 11 is 1.57. The van der Waals surface area contributed by atoms with Crippen molar-refractivity contribution in [3.05, 3.63) is 125 Å². The second-order valence-corrected chi connectivity index (χ2v) is 20.1. The molecule has 2 aliphatic heterocycles. The number of hydrogen-bond acceptors (Lipinski definition) is 11. The summed E-state index contributed by atoms with van der Waals surface area (Å²) in [4.78, 5) is 80.7. The van der Waals surface area contributed by atoms with Gasteiger partial charge in [0.1, 0.15) is 36.6 Å². The molecule has 0 bridgehead atoms. The van der Waals surface area contributed by atoms with Crippen molar-refractivity contribution in [2.24, 2.45) is 5.41 Å². The molecule has 2 fully saturated rings. The highest BCUT2D eigenvalue weighted by Gasteiger charge is 2.53. The SMILES string of the molecule is [C-]#[N+]c1ccc(N2C(=O)N(c3ccc(-c4cccc(OCCOCCCOCC(=O)N[C@H](C(=O)N5C[C@H](O)C[C@H]5C(=O)NCc5ccc(-c6scnc6C)cc5)C(C)(C)C)c4)cc3)C(C)(C)C2=O)cc1C. The molecule has 3 atom stereocenters. The van der Waals surface area contributed by atoms with Crippen LogP contribution in [0.25, 0.3) is 26.4 Å². The molecule has 71 heavy (non-hydrogen) atoms. The number of carbonyl (C=O) groups is 5. The van der Waals surface area contributed by atoms with Crippen molar-refractivity contribution >= 4 is 58.1 Å². The highest BCUT2D eigenvalue weighted by molar-refractivity contribution is 7.13. The van der Waals surface area contributed by atoms with Gasteiger partial charge in [0.25, 0.3) is 5.91 Å². The number of β-amino-alcohol motifs (C(OH)–C–C–N with tert-alkyl or cyclic N) is 1. The number of nitrogens with one attached hydrogen (secondary N) is 2. The molecule has 5 aromatic rings. The predicted molar refractivity (Wildman–Crippen MR) is 272 cm³/mol. The van der Waals surface area contributed by atoms with Crippen LogP contribution < -0.4 is 25.2 Å². The van der Waals surface area contributed by atoms with E-state index in [-0.39, 0.29) is 44.5 Å². The lowest BCUT2D eigenvalue weighted by Gasteiger charge is -2.35. The molecule has 0 aliphatic carbocycles. The molecule has 17 heteroatoms. The van der Waals surface area contributed by atoms with E-state index < -0.39 is 47.0 Å². The van der Waals surface area contributed by atoms with Crippen LogP contribution >= 0.6 is 11.3 Å². The highest BCUT2D eigenvalue weighted by Crippen LogP contribution is 2.38. The Morgan fingerprint density at radius 2 is 1.61 bits per heavy atom. The quantitative estimate of drug-likeness (QED) is 0.0416. The zero-order chi connectivity index (χ0) is 51.0. The summed E-state index contributed by atoms with van der Waals surface area (Å²) in [5.74, 6) is -1.02. The van der Waals surface area contributed by atoms with Gasteiger partial charge in [0.15, 0.2) is 5.69 Å². The third kappa shape index (κ3) is 12.1. The summed E-state index contributed by atoms with van der Waals surface area (Å²) in [6.45, 7) is 21.2. The lowest BCUT2D eigenvalue weighted by Crippen LogP contribution is -2.58. The molecule has 0 spiro atoms. The maximum atomic E-state index is 14.0. The van der Waals surface area contributed by atoms with Gasteiger partial charge in [-0.3, -0.25) is 24.1 Å². The van der Waals surface area contributed by atoms with E-state index in [1.165, 1.54) is 14.7 Å². The van der Waals surface area contributed by atoms with E-state index in [0.29, 0.717) is 54.6 Å². The number of imide groups is 1. The van der Waals surface area contributed by atoms with E-state index in [9.17, 15) is 29.1 Å². The largest absolute Gasteiger partial charge is 0.491 e. The molecule has 6 amide bonds. The van der Waals surface area contributed by atoms with Crippen molar-refractivity contribution in [3.8, 4) is 27.3 Å². The van der Waals surface area contributed by atoms with Crippen molar-refractivity contribution in [2.45, 2.75) is 91.6 Å². The number of carbonyl (C=O) groups excluding carboxylic acids is 5. The first-order valence-corrected chi connectivity index (χ1v) is 24.5. The summed E-state index contributed by atoms with van der Waals surface area (Å²) in [5, 5.41) is 16.3. The molecule has 1 aromatic heterocycles. The lowest BCUT2D eigenvalue weighted by molar-refractivity contribution is -0.144. The number of aliphatic hydroxyl groups excluding tert-OH is 1. The van der Waals surface area contributed by atoms with E-state index in [2.05, 4.69) is 20.5 Å². The number of hydrogen-bond donors (Lipinski definition) is 3. The molecule has 7 rings (SSSR count). The number of likely N-dealkylation sites (tertiary alicyclic amines) is 1. The Kier molecular flexibility index (Phi) is 16.4. The Hall–Kier alpha value is -6.97. The fourth-order valence-electron chi connectivity index (χ4n) is 8.66. The number of benzene rings is 4. The molecule has 372 valence electrons. The lowest BCUT2D eigenvalue weighted by atomic mass is 9.85. The van der Waals surface area contributed by atoms with Gasteiger partial charge in [-0.05, 0) is 104 Å². The zero-order valence-electron chi connectivity index (χ0n) is 41.2. The summed E-state index contributed by atoms with van der Waals surface area (Å²) < 4.78 is 17.3. The third-order valence-corrected chi connectivity index (χ3v) is 13.5. The van der Waals surface area contributed by atoms with E-state index >= 15 is 0 Å². The summed E-state index contributed by atoms with van der Waals surface area (Å²) in [6.07, 6.45) is -0.277. The topological polar surface area (TPSA) is 184 Å². The average molecular weight is 984 g/mol. The van der Waals surface area contributed by atoms with E-state index in [4.69, 9.17) is 20.8 Å². The monoisotopic (exact) mass is 983 g/mol. The molecule has 0 radical (unpaired) electrons. The summed E-state index contributed by atoms with van der Waals surface area (Å²) in [5.41, 5.74) is 6.77. The van der Waals surface area contributed by atoms with Crippen LogP contribution in [0.3, 0.4) is 0 Å². The molecular weight excluding hydrogens is 923 g/mol. The van der Waals surface area contributed by atoms with Crippen LogP contribution in [-0.2, 0) is 35.2 Å². The first-order valence-electron chi connectivity index (χ1n) is 23.6. The van der Waals surface area contributed by atoms with Crippen LogP contribution in [-0.4, -0.2) is 108 Å². The number of amides is 6. The van der Waals surface area contributed by atoms with Gasteiger partial charge in [-0.15, -0.1) is 11.3 Å². The van der Waals surface area contributed by atoms with E-state index in [0.717, 1.165) is 32.8 Å². The van der Waals surface area contributed by atoms with Gasteiger partial charge in [0, 0.05) is 38.4 Å². The number of rotatable bonds is 19. The van der Waals surface area contributed by atoms with Crippen molar-refractivity contribution in [1.29, 1.82) is 0 Å². The number of nitrogens with zero attached hydrogens (tertiary/aromatic N) is 5. The number of anilines is 2. The van der Waals surface area contributed by atoms with Crippen molar-refractivity contribution < 1.29 is 43.3 Å². The Morgan fingerprint density at radius 3 is 2.28 bits per heavy atom. The van der Waals surface area contributed by atoms with Crippen LogP contribution in [0, 0.1) is 25.8 Å². The number of thiazole rings is 1. The van der Waals surface area contributed by atoms with Crippen molar-refractivity contribution in [1.82, 2.24) is 20.5 Å². The van der Waals surface area contributed by atoms with Gasteiger partial charge in [-0.1, -0.05) is 75.4 Å². The van der Waals surface area contributed by atoms with Crippen molar-refractivity contribution in [3.63, 3.8) is 0 Å². The van der Waals surface area contributed by atoms with Gasteiger partial charge in [0.05, 0.1) is 41.1 Å². The maximum Gasteiger partial charge on any atom is 0.336 e. The summed E-state index contributed by atoms with van der Waals surface area (Å²) in [6, 6.07) is 25.5. The first-order chi connectivity index (χ1) is 33.9. The molecule has 0 unspecified atom stereocenters. The molecule has 4 aromatic carbocycles. The first kappa shape index (κ1) is 51.9. The number of aryl methyl sites for hydroxylation is 2. The highest BCUT2D eigenvalue weighted by atomic mass is 32.1. The zero-order valence-corrected chi connectivity index (χ0v) is 42.0. The average Bonchev–Trinajstić information content (AvgIpc) is 4.01. The molecule has 3 heterocycles. The smallest absolute Gasteiger partial charge is 0.336 e. The van der Waals surface area contributed by atoms with Gasteiger partial charge in [-0.2, -0.15) is 0 Å². The molecule has 2 aliphatic rings. The second-order valence-electron chi connectivity index (χ2n) is 19.3. The number of aromatic nitrogens is 1. The second kappa shape index (κ2) is 22.4. The molecule has 0 saturated carbocycles. The minimum Gasteiger partial charge on any atom is -0.491 e. The Balaban J connectivity index is 0.813. The van der Waals surface area contributed by atoms with E-state index in [1.54, 1.807) is 50.3 Å². The molecule has 16 nitrogen and oxygen atoms in total. The third-order valence-electron chi connectivity index (χ3n) is 12.5. The summed E-state index contributed by atoms with van der Waals surface area (Å²) in [7, 11) is 0. The molecular formula is C54H61N7O9S. The maximum absolute atomic E-state index is 14.0. The minimum atomic E-state index is -1.14. The van der Waals surface area contributed by atoms with E-state index in [1.807, 2.05) is 106 Å². The Labute approximate surface area is 418 Å².